The van der Waals surface area contributed by atoms with E-state index >= 15 is 0 Å². The Morgan fingerprint density at radius 3 is 2.79 bits per heavy atom. The van der Waals surface area contributed by atoms with Crippen molar-refractivity contribution in [2.75, 3.05) is 6.61 Å². The Morgan fingerprint density at radius 1 is 1.33 bits per heavy atom. The highest BCUT2D eigenvalue weighted by Crippen LogP contribution is 2.71. The van der Waals surface area contributed by atoms with Crippen LogP contribution in [0.3, 0.4) is 0 Å². The Balaban J connectivity index is 1.67. The molecule has 5 fully saturated rings. The van der Waals surface area contributed by atoms with Crippen LogP contribution in [0.1, 0.15) is 46.0 Å². The van der Waals surface area contributed by atoms with Gasteiger partial charge in [0.2, 0.25) is 0 Å². The van der Waals surface area contributed by atoms with Gasteiger partial charge in [-0.15, -0.1) is 6.58 Å². The maximum Gasteiger partial charge on any atom is 0.318 e. The van der Waals surface area contributed by atoms with Crippen LogP contribution in [0.2, 0.25) is 0 Å². The summed E-state index contributed by atoms with van der Waals surface area (Å²) in [4.78, 5) is 12.7. The van der Waals surface area contributed by atoms with Crippen molar-refractivity contribution in [3.8, 4) is 0 Å². The third-order valence-corrected chi connectivity index (χ3v) is 8.18. The number of allylic oxidation sites excluding steroid dienone is 2. The van der Waals surface area contributed by atoms with Crippen LogP contribution in [0.15, 0.2) is 24.3 Å². The quantitative estimate of drug-likeness (QED) is 0.593. The molecule has 24 heavy (non-hydrogen) atoms. The summed E-state index contributed by atoms with van der Waals surface area (Å²) >= 11 is 0. The van der Waals surface area contributed by atoms with E-state index in [4.69, 9.17) is 9.47 Å². The molecule has 0 aromatic heterocycles. The van der Waals surface area contributed by atoms with Gasteiger partial charge < -0.3 is 14.6 Å². The van der Waals surface area contributed by atoms with E-state index in [0.717, 1.165) is 25.7 Å². The van der Waals surface area contributed by atoms with Gasteiger partial charge in [-0.3, -0.25) is 4.79 Å². The Bertz CT molecular complexity index is 671. The molecule has 2 bridgehead atoms. The second kappa shape index (κ2) is 4.16. The summed E-state index contributed by atoms with van der Waals surface area (Å²) in [6.45, 7) is 8.71. The van der Waals surface area contributed by atoms with Crippen molar-refractivity contribution < 1.29 is 19.4 Å². The van der Waals surface area contributed by atoms with Crippen LogP contribution in [-0.2, 0) is 14.3 Å². The lowest BCUT2D eigenvalue weighted by Crippen LogP contribution is -2.71. The number of ether oxygens (including phenoxy) is 2. The van der Waals surface area contributed by atoms with E-state index in [-0.39, 0.29) is 28.8 Å². The van der Waals surface area contributed by atoms with Gasteiger partial charge in [0.25, 0.3) is 0 Å². The number of rotatable bonds is 1. The third-order valence-electron chi connectivity index (χ3n) is 8.18. The summed E-state index contributed by atoms with van der Waals surface area (Å²) in [5.74, 6) is -1.18. The van der Waals surface area contributed by atoms with E-state index in [2.05, 4.69) is 25.7 Å². The monoisotopic (exact) mass is 330 g/mol. The molecule has 3 aliphatic carbocycles. The SMILES string of the molecule is C=C[C@]1(C)CC[C@@H]2C(=C[C@H]3OC(=O)[C@]4(C)[C@@H]3[C@]23CC[C@]4(O)OC3)C1. The predicted molar refractivity (Wildman–Crippen MR) is 87.8 cm³/mol. The molecule has 3 saturated heterocycles. The number of hydrogen-bond acceptors (Lipinski definition) is 4. The Morgan fingerprint density at radius 2 is 2.12 bits per heavy atom. The molecule has 4 heteroatoms. The third kappa shape index (κ3) is 1.43. The normalized spacial score (nSPS) is 57.7. The van der Waals surface area contributed by atoms with Crippen LogP contribution in [0, 0.1) is 28.1 Å². The number of hydrogen-bond donors (Lipinski definition) is 1. The first-order chi connectivity index (χ1) is 11.3. The Labute approximate surface area is 142 Å². The maximum absolute atomic E-state index is 12.7. The predicted octanol–water partition coefficient (Wildman–Crippen LogP) is 2.97. The number of esters is 1. The minimum atomic E-state index is -1.36. The smallest absolute Gasteiger partial charge is 0.318 e. The van der Waals surface area contributed by atoms with Crippen molar-refractivity contribution in [1.29, 1.82) is 0 Å². The molecule has 1 spiro atoms. The molecule has 3 aliphatic heterocycles. The van der Waals surface area contributed by atoms with Crippen LogP contribution in [-0.4, -0.2) is 29.6 Å². The average molecular weight is 330 g/mol. The largest absolute Gasteiger partial charge is 0.457 e. The second-order valence-electron chi connectivity index (χ2n) is 9.22. The first-order valence-corrected chi connectivity index (χ1v) is 9.20. The molecule has 6 aliphatic rings. The molecular weight excluding hydrogens is 304 g/mol. The van der Waals surface area contributed by atoms with Crippen molar-refractivity contribution in [1.82, 2.24) is 0 Å². The summed E-state index contributed by atoms with van der Waals surface area (Å²) in [7, 11) is 0. The molecule has 7 atom stereocenters. The minimum Gasteiger partial charge on any atom is -0.457 e. The molecule has 0 radical (unpaired) electrons. The van der Waals surface area contributed by atoms with Gasteiger partial charge in [0.05, 0.1) is 6.61 Å². The number of carbonyl (C=O) groups is 1. The minimum absolute atomic E-state index is 0.0341. The lowest BCUT2D eigenvalue weighted by Gasteiger charge is -2.65. The van der Waals surface area contributed by atoms with Gasteiger partial charge in [-0.2, -0.15) is 0 Å². The van der Waals surface area contributed by atoms with Gasteiger partial charge >= 0.3 is 5.97 Å². The molecular formula is C20H26O4. The fraction of sp³-hybridized carbons (Fsp3) is 0.750. The van der Waals surface area contributed by atoms with E-state index in [1.807, 2.05) is 6.92 Å². The van der Waals surface area contributed by atoms with Gasteiger partial charge in [0, 0.05) is 17.8 Å². The summed E-state index contributed by atoms with van der Waals surface area (Å²) in [6, 6.07) is 0. The first kappa shape index (κ1) is 15.2. The lowest BCUT2D eigenvalue weighted by molar-refractivity contribution is -0.367. The van der Waals surface area contributed by atoms with E-state index in [1.54, 1.807) is 0 Å². The first-order valence-electron chi connectivity index (χ1n) is 9.20. The summed E-state index contributed by atoms with van der Waals surface area (Å²) < 4.78 is 11.8. The molecule has 1 N–H and O–H groups in total. The van der Waals surface area contributed by atoms with Crippen molar-refractivity contribution in [2.45, 2.75) is 57.8 Å². The van der Waals surface area contributed by atoms with E-state index < -0.39 is 11.2 Å². The van der Waals surface area contributed by atoms with Gasteiger partial charge in [-0.05, 0) is 50.0 Å². The Hall–Kier alpha value is -1.13. The topological polar surface area (TPSA) is 55.8 Å². The zero-order valence-corrected chi connectivity index (χ0v) is 14.5. The Kier molecular flexibility index (Phi) is 2.62. The van der Waals surface area contributed by atoms with E-state index in [1.165, 1.54) is 5.57 Å². The van der Waals surface area contributed by atoms with E-state index in [0.29, 0.717) is 18.9 Å². The summed E-state index contributed by atoms with van der Waals surface area (Å²) in [5.41, 5.74) is 0.540. The number of aliphatic hydroxyl groups is 1. The van der Waals surface area contributed by atoms with Crippen molar-refractivity contribution in [3.05, 3.63) is 24.3 Å². The van der Waals surface area contributed by atoms with Crippen LogP contribution < -0.4 is 0 Å². The van der Waals surface area contributed by atoms with Gasteiger partial charge in [-0.25, -0.2) is 0 Å². The van der Waals surface area contributed by atoms with Gasteiger partial charge in [0.15, 0.2) is 5.79 Å². The maximum atomic E-state index is 12.7. The fourth-order valence-electron chi connectivity index (χ4n) is 6.71. The molecule has 4 nitrogen and oxygen atoms in total. The summed E-state index contributed by atoms with van der Waals surface area (Å²) in [5, 5.41) is 11.0. The van der Waals surface area contributed by atoms with E-state index in [9.17, 15) is 9.90 Å². The zero-order valence-electron chi connectivity index (χ0n) is 14.5. The average Bonchev–Trinajstić information content (AvgIpc) is 2.83. The molecule has 0 aromatic carbocycles. The second-order valence-corrected chi connectivity index (χ2v) is 9.22. The van der Waals surface area contributed by atoms with Crippen molar-refractivity contribution >= 4 is 5.97 Å². The van der Waals surface area contributed by atoms with Crippen LogP contribution in [0.5, 0.6) is 0 Å². The zero-order chi connectivity index (χ0) is 17.0. The fourth-order valence-corrected chi connectivity index (χ4v) is 6.71. The van der Waals surface area contributed by atoms with Crippen molar-refractivity contribution in [3.63, 3.8) is 0 Å². The standard InChI is InChI=1S/C20H26O4/c1-4-17(2)6-5-13-12(10-17)9-14-15-18(3,16(21)24-14)20(22)8-7-19(13,15)11-23-20/h4,9,13-15,22H,1,5-8,10-11H2,2-3H3/t13-,14-,15-,17-,18+,19+,20+/m1/s1. The van der Waals surface area contributed by atoms with Gasteiger partial charge in [-0.1, -0.05) is 18.6 Å². The van der Waals surface area contributed by atoms with Crippen LogP contribution in [0.4, 0.5) is 0 Å². The molecule has 0 unspecified atom stereocenters. The molecule has 130 valence electrons. The molecule has 2 saturated carbocycles. The number of carbonyl (C=O) groups excluding carboxylic acids is 1. The highest BCUT2D eigenvalue weighted by atomic mass is 16.6. The van der Waals surface area contributed by atoms with Gasteiger partial charge in [0.1, 0.15) is 11.5 Å². The van der Waals surface area contributed by atoms with Crippen molar-refractivity contribution in [2.24, 2.45) is 28.1 Å². The summed E-state index contributed by atoms with van der Waals surface area (Å²) in [6.07, 6.45) is 8.73. The van der Waals surface area contributed by atoms with Crippen LogP contribution in [0.25, 0.3) is 0 Å². The number of fused-ring (bicyclic) bond motifs is 3. The molecule has 3 heterocycles. The van der Waals surface area contributed by atoms with Crippen LogP contribution >= 0.6 is 0 Å². The molecule has 0 amide bonds. The highest BCUT2D eigenvalue weighted by molar-refractivity contribution is 5.82. The molecule has 6 rings (SSSR count). The highest BCUT2D eigenvalue weighted by Gasteiger charge is 2.78. The lowest BCUT2D eigenvalue weighted by atomic mass is 9.42. The molecule has 0 aromatic rings.